The molecule has 2 aliphatic heterocycles. The quantitative estimate of drug-likeness (QED) is 0.366. The number of ether oxygens (including phenoxy) is 1. The van der Waals surface area contributed by atoms with E-state index in [0.717, 1.165) is 31.3 Å². The summed E-state index contributed by atoms with van der Waals surface area (Å²) in [4.78, 5) is 39.8. The molecular formula is C27H28F4N6O4. The fourth-order valence-corrected chi connectivity index (χ4v) is 5.12. The number of aromatic hydroxyl groups is 1. The molecule has 218 valence electrons. The highest BCUT2D eigenvalue weighted by Gasteiger charge is 2.38. The topological polar surface area (TPSA) is 104 Å². The van der Waals surface area contributed by atoms with Gasteiger partial charge in [0.25, 0.3) is 5.56 Å². The molecule has 0 spiro atoms. The average Bonchev–Trinajstić information content (AvgIpc) is 2.94. The molecule has 0 saturated carbocycles. The third kappa shape index (κ3) is 5.56. The van der Waals surface area contributed by atoms with Crippen molar-refractivity contribution >= 4 is 22.6 Å². The van der Waals surface area contributed by atoms with Crippen LogP contribution in [0.1, 0.15) is 18.5 Å². The van der Waals surface area contributed by atoms with Crippen LogP contribution < -0.4 is 15.2 Å². The summed E-state index contributed by atoms with van der Waals surface area (Å²) >= 11 is 0. The van der Waals surface area contributed by atoms with Crippen LogP contribution in [0.5, 0.6) is 11.8 Å². The fraction of sp³-hybridized carbons (Fsp3) is 0.407. The Morgan fingerprint density at radius 1 is 1.12 bits per heavy atom. The molecule has 0 bridgehead atoms. The second-order valence-corrected chi connectivity index (χ2v) is 10.0. The summed E-state index contributed by atoms with van der Waals surface area (Å²) in [5.41, 5.74) is -4.18. The number of halogens is 4. The maximum absolute atomic E-state index is 14.8. The molecule has 14 heteroatoms. The van der Waals surface area contributed by atoms with Gasteiger partial charge in [-0.1, -0.05) is 12.6 Å². The van der Waals surface area contributed by atoms with Crippen molar-refractivity contribution in [2.24, 2.45) is 0 Å². The highest BCUT2D eigenvalue weighted by atomic mass is 19.4. The molecule has 2 aromatic heterocycles. The number of para-hydroxylation sites is 1. The molecular weight excluding hydrogens is 548 g/mol. The van der Waals surface area contributed by atoms with Gasteiger partial charge in [0.15, 0.2) is 5.82 Å². The number of piperidine rings is 1. The van der Waals surface area contributed by atoms with Crippen LogP contribution >= 0.6 is 0 Å². The largest absolute Gasteiger partial charge is 0.506 e. The van der Waals surface area contributed by atoms with E-state index in [2.05, 4.69) is 21.4 Å². The standard InChI is InChI=1S/C27H28F4N6O4/c1-3-21(39)35-11-13-36(14-12-35)24-17-15-20(27(29,30)31)37(23-18(28)5-4-6-19(23)38)25(40)22(17)32-26(33-24)41-16-7-9-34(2)10-8-16/h3-6,15-16,38H,1,7-14H2,2H3. The normalized spacial score (nSPS) is 17.2. The van der Waals surface area contributed by atoms with Crippen LogP contribution in [0.15, 0.2) is 41.7 Å². The number of carbonyl (C=O) groups is 1. The Hall–Kier alpha value is -4.20. The van der Waals surface area contributed by atoms with Crippen LogP contribution in [0.3, 0.4) is 0 Å². The number of piperazine rings is 1. The Balaban J connectivity index is 1.70. The first kappa shape index (κ1) is 28.3. The number of phenols is 1. The summed E-state index contributed by atoms with van der Waals surface area (Å²) < 4.78 is 64.0. The molecule has 2 saturated heterocycles. The zero-order valence-corrected chi connectivity index (χ0v) is 22.2. The van der Waals surface area contributed by atoms with Crippen molar-refractivity contribution < 1.29 is 32.2 Å². The number of nitrogens with zero attached hydrogens (tertiary/aromatic N) is 6. The molecule has 10 nitrogen and oxygen atoms in total. The smallest absolute Gasteiger partial charge is 0.431 e. The first-order valence-corrected chi connectivity index (χ1v) is 13.0. The predicted molar refractivity (Wildman–Crippen MR) is 142 cm³/mol. The Morgan fingerprint density at radius 2 is 1.80 bits per heavy atom. The number of phenolic OH excluding ortho intramolecular Hbond substituents is 1. The van der Waals surface area contributed by atoms with Gasteiger partial charge in [-0.2, -0.15) is 23.1 Å². The van der Waals surface area contributed by atoms with Crippen LogP contribution in [0.25, 0.3) is 16.6 Å². The van der Waals surface area contributed by atoms with Gasteiger partial charge in [0.2, 0.25) is 5.91 Å². The van der Waals surface area contributed by atoms with Crippen molar-refractivity contribution in [1.82, 2.24) is 24.3 Å². The van der Waals surface area contributed by atoms with Gasteiger partial charge in [-0.15, -0.1) is 0 Å². The number of likely N-dealkylation sites (tertiary alicyclic amines) is 1. The van der Waals surface area contributed by atoms with Gasteiger partial charge in [0.05, 0.1) is 5.39 Å². The zero-order valence-electron chi connectivity index (χ0n) is 22.2. The molecule has 41 heavy (non-hydrogen) atoms. The molecule has 4 heterocycles. The number of anilines is 1. The maximum atomic E-state index is 14.8. The van der Waals surface area contributed by atoms with E-state index in [0.29, 0.717) is 18.9 Å². The van der Waals surface area contributed by atoms with E-state index in [1.54, 1.807) is 4.90 Å². The Bertz CT molecular complexity index is 1520. The summed E-state index contributed by atoms with van der Waals surface area (Å²) in [5.74, 6) is -2.33. The van der Waals surface area contributed by atoms with Crippen LogP contribution in [0, 0.1) is 5.82 Å². The number of rotatable bonds is 5. The molecule has 0 atom stereocenters. The zero-order chi connectivity index (χ0) is 29.5. The average molecular weight is 577 g/mol. The Morgan fingerprint density at radius 3 is 2.41 bits per heavy atom. The van der Waals surface area contributed by atoms with E-state index in [4.69, 9.17) is 4.74 Å². The number of aromatic nitrogens is 3. The highest BCUT2D eigenvalue weighted by molar-refractivity contribution is 5.91. The third-order valence-corrected chi connectivity index (χ3v) is 7.32. The first-order valence-electron chi connectivity index (χ1n) is 13.0. The van der Waals surface area contributed by atoms with Crippen molar-refractivity contribution in [2.45, 2.75) is 25.1 Å². The minimum absolute atomic E-state index is 0.0242. The minimum Gasteiger partial charge on any atom is -0.506 e. The van der Waals surface area contributed by atoms with E-state index >= 15 is 0 Å². The number of hydrogen-bond donors (Lipinski definition) is 1. The maximum Gasteiger partial charge on any atom is 0.431 e. The number of alkyl halides is 3. The van der Waals surface area contributed by atoms with E-state index < -0.39 is 40.2 Å². The van der Waals surface area contributed by atoms with Crippen molar-refractivity contribution in [2.75, 3.05) is 51.2 Å². The van der Waals surface area contributed by atoms with Gasteiger partial charge in [-0.05, 0) is 44.2 Å². The van der Waals surface area contributed by atoms with Gasteiger partial charge in [-0.25, -0.2) is 4.39 Å². The van der Waals surface area contributed by atoms with Gasteiger partial charge < -0.3 is 24.5 Å². The summed E-state index contributed by atoms with van der Waals surface area (Å²) in [5, 5.41) is 10.1. The lowest BCUT2D eigenvalue weighted by molar-refractivity contribution is -0.142. The lowest BCUT2D eigenvalue weighted by atomic mass is 10.1. The number of carbonyl (C=O) groups excluding carboxylic acids is 1. The van der Waals surface area contributed by atoms with Crippen LogP contribution in [0.4, 0.5) is 23.4 Å². The molecule has 1 aromatic carbocycles. The molecule has 2 fully saturated rings. The van der Waals surface area contributed by atoms with Gasteiger partial charge in [-0.3, -0.25) is 14.2 Å². The molecule has 2 aliphatic rings. The molecule has 5 rings (SSSR count). The molecule has 0 radical (unpaired) electrons. The molecule has 0 unspecified atom stereocenters. The van der Waals surface area contributed by atoms with Gasteiger partial charge in [0.1, 0.15) is 34.6 Å². The second-order valence-electron chi connectivity index (χ2n) is 10.0. The van der Waals surface area contributed by atoms with Crippen LogP contribution in [-0.4, -0.2) is 87.8 Å². The van der Waals surface area contributed by atoms with Crippen LogP contribution in [0.2, 0.25) is 0 Å². The Labute approximate surface area is 232 Å². The van der Waals surface area contributed by atoms with E-state index in [9.17, 15) is 32.3 Å². The van der Waals surface area contributed by atoms with Crippen LogP contribution in [-0.2, 0) is 11.0 Å². The van der Waals surface area contributed by atoms with E-state index in [1.165, 1.54) is 11.0 Å². The lowest BCUT2D eigenvalue weighted by Crippen LogP contribution is -2.48. The monoisotopic (exact) mass is 576 g/mol. The fourth-order valence-electron chi connectivity index (χ4n) is 5.12. The molecule has 0 aliphatic carbocycles. The number of pyridine rings is 1. The number of benzene rings is 1. The summed E-state index contributed by atoms with van der Waals surface area (Å²) in [6.45, 7) is 5.88. The molecule has 1 N–H and O–H groups in total. The van der Waals surface area contributed by atoms with Gasteiger partial charge >= 0.3 is 12.2 Å². The van der Waals surface area contributed by atoms with Crippen molar-refractivity contribution in [3.05, 3.63) is 58.8 Å². The SMILES string of the molecule is C=CC(=O)N1CCN(c2nc(OC3CCN(C)CC3)nc3c(=O)n(-c4c(O)cccc4F)c(C(F)(F)F)cc23)CC1. The van der Waals surface area contributed by atoms with E-state index in [-0.39, 0.29) is 60.0 Å². The molecule has 1 amide bonds. The van der Waals surface area contributed by atoms with E-state index in [1.807, 2.05) is 7.05 Å². The summed E-state index contributed by atoms with van der Waals surface area (Å²) in [6, 6.07) is 3.42. The number of fused-ring (bicyclic) bond motifs is 1. The number of hydrogen-bond acceptors (Lipinski definition) is 8. The highest BCUT2D eigenvalue weighted by Crippen LogP contribution is 2.37. The predicted octanol–water partition coefficient (Wildman–Crippen LogP) is 2.95. The minimum atomic E-state index is -5.11. The van der Waals surface area contributed by atoms with Crippen molar-refractivity contribution in [3.63, 3.8) is 0 Å². The Kier molecular flexibility index (Phi) is 7.60. The second kappa shape index (κ2) is 11.0. The molecule has 3 aromatic rings. The first-order chi connectivity index (χ1) is 19.5. The van der Waals surface area contributed by atoms with Crippen molar-refractivity contribution in [1.29, 1.82) is 0 Å². The van der Waals surface area contributed by atoms with Crippen molar-refractivity contribution in [3.8, 4) is 17.4 Å². The summed E-state index contributed by atoms with van der Waals surface area (Å²) in [7, 11) is 1.97. The summed E-state index contributed by atoms with van der Waals surface area (Å²) in [6.07, 6.45) is -2.92. The van der Waals surface area contributed by atoms with Gasteiger partial charge in [0, 0.05) is 39.3 Å². The number of amides is 1. The lowest BCUT2D eigenvalue weighted by Gasteiger charge is -2.35. The third-order valence-electron chi connectivity index (χ3n) is 7.32.